The van der Waals surface area contributed by atoms with E-state index in [1.54, 1.807) is 18.2 Å². The van der Waals surface area contributed by atoms with Gasteiger partial charge in [-0.2, -0.15) is 0 Å². The van der Waals surface area contributed by atoms with Crippen LogP contribution in [0.5, 0.6) is 0 Å². The van der Waals surface area contributed by atoms with Crippen LogP contribution in [0.4, 0.5) is 0 Å². The van der Waals surface area contributed by atoms with Crippen LogP contribution in [-0.2, 0) is 14.3 Å². The van der Waals surface area contributed by atoms with Gasteiger partial charge in [-0.05, 0) is 39.0 Å². The van der Waals surface area contributed by atoms with E-state index in [9.17, 15) is 9.59 Å². The SMILES string of the molecule is C/C=C/C=C/C(=O)OC(=O)CCCCCCC/C=C\CCCCCCCC. The highest BCUT2D eigenvalue weighted by Crippen LogP contribution is 2.10. The first-order chi connectivity index (χ1) is 13.2. The number of rotatable bonds is 17. The van der Waals surface area contributed by atoms with Crippen molar-refractivity contribution < 1.29 is 14.3 Å². The molecule has 0 aromatic carbocycles. The molecule has 0 aliphatic carbocycles. The molecule has 0 atom stereocenters. The number of unbranched alkanes of at least 4 members (excludes halogenated alkanes) is 11. The highest BCUT2D eigenvalue weighted by Gasteiger charge is 2.06. The zero-order valence-corrected chi connectivity index (χ0v) is 17.6. The lowest BCUT2D eigenvalue weighted by Crippen LogP contribution is -2.09. The molecule has 3 heteroatoms. The summed E-state index contributed by atoms with van der Waals surface area (Å²) in [5.74, 6) is -1.02. The predicted molar refractivity (Wildman–Crippen MR) is 115 cm³/mol. The second kappa shape index (κ2) is 20.7. The van der Waals surface area contributed by atoms with Gasteiger partial charge in [0.05, 0.1) is 0 Å². The van der Waals surface area contributed by atoms with E-state index >= 15 is 0 Å². The number of hydrogen-bond acceptors (Lipinski definition) is 3. The molecular formula is C24H40O3. The number of esters is 2. The molecule has 3 nitrogen and oxygen atoms in total. The summed E-state index contributed by atoms with van der Waals surface area (Å²) >= 11 is 0. The van der Waals surface area contributed by atoms with E-state index in [1.807, 2.05) is 6.92 Å². The summed E-state index contributed by atoms with van der Waals surface area (Å²) in [7, 11) is 0. The maximum absolute atomic E-state index is 11.5. The lowest BCUT2D eigenvalue weighted by molar-refractivity contribution is -0.156. The van der Waals surface area contributed by atoms with Gasteiger partial charge in [-0.25, -0.2) is 4.79 Å². The normalized spacial score (nSPS) is 11.8. The molecule has 154 valence electrons. The molecule has 0 radical (unpaired) electrons. The van der Waals surface area contributed by atoms with Crippen molar-refractivity contribution in [1.82, 2.24) is 0 Å². The van der Waals surface area contributed by atoms with Gasteiger partial charge in [0, 0.05) is 12.5 Å². The molecule has 0 aliphatic heterocycles. The third kappa shape index (κ3) is 20.5. The molecule has 0 rings (SSSR count). The molecule has 0 saturated carbocycles. The average Bonchev–Trinajstić information content (AvgIpc) is 2.65. The molecule has 27 heavy (non-hydrogen) atoms. The summed E-state index contributed by atoms with van der Waals surface area (Å²) in [6, 6.07) is 0. The molecule has 0 saturated heterocycles. The molecule has 0 bridgehead atoms. The highest BCUT2D eigenvalue weighted by molar-refractivity contribution is 5.92. The number of carbonyl (C=O) groups is 2. The van der Waals surface area contributed by atoms with E-state index in [0.717, 1.165) is 25.7 Å². The van der Waals surface area contributed by atoms with E-state index in [2.05, 4.69) is 19.1 Å². The fourth-order valence-electron chi connectivity index (χ4n) is 2.78. The van der Waals surface area contributed by atoms with Crippen LogP contribution >= 0.6 is 0 Å². The van der Waals surface area contributed by atoms with Gasteiger partial charge in [-0.3, -0.25) is 4.79 Å². The summed E-state index contributed by atoms with van der Waals surface area (Å²) in [5.41, 5.74) is 0. The van der Waals surface area contributed by atoms with Crippen molar-refractivity contribution in [1.29, 1.82) is 0 Å². The summed E-state index contributed by atoms with van der Waals surface area (Å²) in [5, 5.41) is 0. The molecule has 0 amide bonds. The Morgan fingerprint density at radius 2 is 1.30 bits per heavy atom. The zero-order valence-electron chi connectivity index (χ0n) is 17.6. The van der Waals surface area contributed by atoms with Crippen LogP contribution < -0.4 is 0 Å². The number of ether oxygens (including phenoxy) is 1. The Bertz CT molecular complexity index is 447. The maximum Gasteiger partial charge on any atom is 0.338 e. The van der Waals surface area contributed by atoms with Gasteiger partial charge < -0.3 is 4.74 Å². The second-order valence-corrected chi connectivity index (χ2v) is 7.01. The average molecular weight is 377 g/mol. The minimum atomic E-state index is -0.592. The second-order valence-electron chi connectivity index (χ2n) is 7.01. The minimum absolute atomic E-state index is 0.321. The van der Waals surface area contributed by atoms with Crippen molar-refractivity contribution in [3.05, 3.63) is 36.5 Å². The van der Waals surface area contributed by atoms with Gasteiger partial charge >= 0.3 is 11.9 Å². The van der Waals surface area contributed by atoms with Crippen LogP contribution in [0.15, 0.2) is 36.5 Å². The van der Waals surface area contributed by atoms with Crippen molar-refractivity contribution in [2.75, 3.05) is 0 Å². The van der Waals surface area contributed by atoms with E-state index < -0.39 is 11.9 Å². The van der Waals surface area contributed by atoms with Gasteiger partial charge in [0.25, 0.3) is 0 Å². The Morgan fingerprint density at radius 1 is 0.741 bits per heavy atom. The lowest BCUT2D eigenvalue weighted by Gasteiger charge is -2.01. The van der Waals surface area contributed by atoms with Crippen molar-refractivity contribution in [2.24, 2.45) is 0 Å². The van der Waals surface area contributed by atoms with Crippen molar-refractivity contribution in [3.8, 4) is 0 Å². The molecule has 0 heterocycles. The summed E-state index contributed by atoms with van der Waals surface area (Å²) in [6.07, 6.45) is 27.2. The van der Waals surface area contributed by atoms with Crippen LogP contribution in [0, 0.1) is 0 Å². The third-order valence-corrected chi connectivity index (χ3v) is 4.39. The molecule has 0 aromatic heterocycles. The van der Waals surface area contributed by atoms with Gasteiger partial charge in [0.2, 0.25) is 0 Å². The van der Waals surface area contributed by atoms with Gasteiger partial charge in [-0.1, -0.05) is 88.7 Å². The first-order valence-corrected chi connectivity index (χ1v) is 10.9. The number of allylic oxidation sites excluding steroid dienone is 5. The maximum atomic E-state index is 11.5. The fraction of sp³-hybridized carbons (Fsp3) is 0.667. The van der Waals surface area contributed by atoms with E-state index in [-0.39, 0.29) is 0 Å². The molecule has 0 N–H and O–H groups in total. The molecule has 0 fully saturated rings. The van der Waals surface area contributed by atoms with Gasteiger partial charge in [-0.15, -0.1) is 0 Å². The Morgan fingerprint density at radius 3 is 1.89 bits per heavy atom. The molecule has 0 unspecified atom stereocenters. The largest absolute Gasteiger partial charge is 0.390 e. The predicted octanol–water partition coefficient (Wildman–Crippen LogP) is 7.23. The van der Waals surface area contributed by atoms with Crippen molar-refractivity contribution in [3.63, 3.8) is 0 Å². The topological polar surface area (TPSA) is 43.4 Å². The molecular weight excluding hydrogens is 336 g/mol. The Labute approximate surface area is 167 Å². The molecule has 0 spiro atoms. The zero-order chi connectivity index (χ0) is 20.0. The van der Waals surface area contributed by atoms with Gasteiger partial charge in [0.15, 0.2) is 0 Å². The summed E-state index contributed by atoms with van der Waals surface area (Å²) in [4.78, 5) is 22.8. The summed E-state index contributed by atoms with van der Waals surface area (Å²) in [6.45, 7) is 4.11. The van der Waals surface area contributed by atoms with Crippen LogP contribution in [0.3, 0.4) is 0 Å². The first kappa shape index (κ1) is 25.4. The quantitative estimate of drug-likeness (QED) is 0.0671. The Kier molecular flexibility index (Phi) is 19.4. The lowest BCUT2D eigenvalue weighted by atomic mass is 10.1. The number of hydrogen-bond donors (Lipinski definition) is 0. The molecule has 0 aliphatic rings. The smallest absolute Gasteiger partial charge is 0.338 e. The van der Waals surface area contributed by atoms with E-state index in [4.69, 9.17) is 4.74 Å². The van der Waals surface area contributed by atoms with E-state index in [0.29, 0.717) is 6.42 Å². The van der Waals surface area contributed by atoms with Gasteiger partial charge in [0.1, 0.15) is 0 Å². The highest BCUT2D eigenvalue weighted by atomic mass is 16.6. The monoisotopic (exact) mass is 376 g/mol. The van der Waals surface area contributed by atoms with Crippen molar-refractivity contribution >= 4 is 11.9 Å². The molecule has 0 aromatic rings. The first-order valence-electron chi connectivity index (χ1n) is 10.9. The third-order valence-electron chi connectivity index (χ3n) is 4.39. The van der Waals surface area contributed by atoms with Crippen LogP contribution in [-0.4, -0.2) is 11.9 Å². The minimum Gasteiger partial charge on any atom is -0.390 e. The fourth-order valence-corrected chi connectivity index (χ4v) is 2.78. The van der Waals surface area contributed by atoms with Crippen LogP contribution in [0.2, 0.25) is 0 Å². The Hall–Kier alpha value is -1.64. The summed E-state index contributed by atoms with van der Waals surface area (Å²) < 4.78 is 4.71. The van der Waals surface area contributed by atoms with Crippen molar-refractivity contribution in [2.45, 2.75) is 104 Å². The van der Waals surface area contributed by atoms with E-state index in [1.165, 1.54) is 63.9 Å². The standard InChI is InChI=1S/C24H40O3/c1-3-5-7-8-9-10-11-12-13-14-15-16-17-18-20-22-24(26)27-23(25)21-19-6-4-2/h4,6,12-13,19,21H,3,5,7-11,14-18,20,22H2,1-2H3/b6-4+,13-12-,21-19+. The van der Waals surface area contributed by atoms with Crippen LogP contribution in [0.1, 0.15) is 104 Å². The number of carbonyl (C=O) groups excluding carboxylic acids is 2. The Balaban J connectivity index is 3.38. The van der Waals surface area contributed by atoms with Crippen LogP contribution in [0.25, 0.3) is 0 Å².